The van der Waals surface area contributed by atoms with Gasteiger partial charge in [-0.25, -0.2) is 8.42 Å². The molecule has 0 radical (unpaired) electrons. The predicted molar refractivity (Wildman–Crippen MR) is 126 cm³/mol. The van der Waals surface area contributed by atoms with E-state index < -0.39 is 15.9 Å². The molecule has 172 valence electrons. The highest BCUT2D eigenvalue weighted by Gasteiger charge is 2.28. The van der Waals surface area contributed by atoms with E-state index in [0.29, 0.717) is 42.4 Å². The van der Waals surface area contributed by atoms with Gasteiger partial charge in [-0.15, -0.1) is 11.3 Å². The Balaban J connectivity index is 1.50. The molecule has 0 atom stereocenters. The normalized spacial score (nSPS) is 14.5. The maximum Gasteiger partial charge on any atom is 0.265 e. The number of benzene rings is 2. The minimum atomic E-state index is -3.71. The summed E-state index contributed by atoms with van der Waals surface area (Å²) < 4.78 is 32.9. The third-order valence-electron chi connectivity index (χ3n) is 5.16. The van der Waals surface area contributed by atoms with E-state index in [1.807, 2.05) is 0 Å². The molecule has 1 aliphatic heterocycles. The van der Waals surface area contributed by atoms with Gasteiger partial charge in [0.15, 0.2) is 0 Å². The zero-order valence-electron chi connectivity index (χ0n) is 17.7. The number of carbonyl (C=O) groups excluding carboxylic acids is 2. The number of hydrogen-bond acceptors (Lipinski definition) is 6. The maximum absolute atomic E-state index is 13.1. The van der Waals surface area contributed by atoms with E-state index in [0.717, 1.165) is 0 Å². The molecule has 4 rings (SSSR count). The van der Waals surface area contributed by atoms with E-state index in [1.165, 1.54) is 15.6 Å². The summed E-state index contributed by atoms with van der Waals surface area (Å²) in [6, 6.07) is 16.8. The summed E-state index contributed by atoms with van der Waals surface area (Å²) >= 11 is 1.31. The highest BCUT2D eigenvalue weighted by Crippen LogP contribution is 2.22. The highest BCUT2D eigenvalue weighted by molar-refractivity contribution is 7.89. The van der Waals surface area contributed by atoms with Crippen molar-refractivity contribution in [1.82, 2.24) is 9.62 Å². The predicted octanol–water partition coefficient (Wildman–Crippen LogP) is 2.95. The third-order valence-corrected chi connectivity index (χ3v) is 8.03. The Labute approximate surface area is 196 Å². The molecule has 1 saturated heterocycles. The van der Waals surface area contributed by atoms with Crippen molar-refractivity contribution in [3.05, 3.63) is 82.0 Å². The molecule has 2 amide bonds. The Kier molecular flexibility index (Phi) is 7.19. The van der Waals surface area contributed by atoms with Crippen LogP contribution in [0.5, 0.6) is 0 Å². The van der Waals surface area contributed by atoms with Crippen LogP contribution in [0.15, 0.2) is 70.9 Å². The molecular weight excluding hydrogens is 462 g/mol. The summed E-state index contributed by atoms with van der Waals surface area (Å²) in [6.07, 6.45) is 0. The van der Waals surface area contributed by atoms with Crippen LogP contribution >= 0.6 is 11.3 Å². The van der Waals surface area contributed by atoms with E-state index in [2.05, 4.69) is 10.6 Å². The number of nitrogens with zero attached hydrogens (tertiary/aromatic N) is 1. The SMILES string of the molecule is O=C(Nc1ccccc1C(=O)NCc1ccccc1S(=O)(=O)N1CCOCC1)c1cccs1. The zero-order chi connectivity index (χ0) is 23.3. The number of amides is 2. The Bertz CT molecular complexity index is 1240. The van der Waals surface area contributed by atoms with E-state index in [9.17, 15) is 18.0 Å². The summed E-state index contributed by atoms with van der Waals surface area (Å²) in [5, 5.41) is 7.35. The first kappa shape index (κ1) is 23.1. The first-order valence-electron chi connectivity index (χ1n) is 10.3. The lowest BCUT2D eigenvalue weighted by Crippen LogP contribution is -2.41. The van der Waals surface area contributed by atoms with Crippen LogP contribution in [-0.4, -0.2) is 50.8 Å². The van der Waals surface area contributed by atoms with E-state index in [4.69, 9.17) is 4.74 Å². The van der Waals surface area contributed by atoms with Crippen LogP contribution in [0.2, 0.25) is 0 Å². The molecule has 0 unspecified atom stereocenters. The third kappa shape index (κ3) is 5.31. The smallest absolute Gasteiger partial charge is 0.265 e. The van der Waals surface area contributed by atoms with Crippen molar-refractivity contribution in [1.29, 1.82) is 0 Å². The lowest BCUT2D eigenvalue weighted by Gasteiger charge is -2.27. The Morgan fingerprint density at radius 2 is 1.67 bits per heavy atom. The average molecular weight is 486 g/mol. The van der Waals surface area contributed by atoms with Gasteiger partial charge in [0.05, 0.1) is 34.2 Å². The number of para-hydroxylation sites is 1. The van der Waals surface area contributed by atoms with Crippen LogP contribution in [0.3, 0.4) is 0 Å². The fourth-order valence-electron chi connectivity index (χ4n) is 3.48. The molecule has 8 nitrogen and oxygen atoms in total. The van der Waals surface area contributed by atoms with E-state index in [1.54, 1.807) is 66.0 Å². The molecule has 0 saturated carbocycles. The molecule has 0 spiro atoms. The molecule has 2 N–H and O–H groups in total. The van der Waals surface area contributed by atoms with Crippen molar-refractivity contribution in [3.8, 4) is 0 Å². The number of hydrogen-bond donors (Lipinski definition) is 2. The fourth-order valence-corrected chi connectivity index (χ4v) is 5.73. The number of morpholine rings is 1. The molecule has 2 aromatic carbocycles. The standard InChI is InChI=1S/C23H23N3O5S2/c27-22(18-7-2-3-8-19(18)25-23(28)20-9-5-15-32-20)24-16-17-6-1-4-10-21(17)33(29,30)26-11-13-31-14-12-26/h1-10,15H,11-14,16H2,(H,24,27)(H,25,28). The molecule has 3 aromatic rings. The van der Waals surface area contributed by atoms with Gasteiger partial charge in [0.2, 0.25) is 10.0 Å². The monoisotopic (exact) mass is 485 g/mol. The Hall–Kier alpha value is -3.05. The number of rotatable bonds is 7. The second-order valence-corrected chi connectivity index (χ2v) is 10.1. The summed E-state index contributed by atoms with van der Waals surface area (Å²) in [6.45, 7) is 1.31. The van der Waals surface area contributed by atoms with Crippen LogP contribution in [0.4, 0.5) is 5.69 Å². The molecule has 0 aliphatic carbocycles. The molecule has 0 bridgehead atoms. The van der Waals surface area contributed by atoms with Crippen LogP contribution in [-0.2, 0) is 21.3 Å². The number of carbonyl (C=O) groups is 2. The summed E-state index contributed by atoms with van der Waals surface area (Å²) in [5.74, 6) is -0.720. The van der Waals surface area contributed by atoms with E-state index in [-0.39, 0.29) is 22.9 Å². The van der Waals surface area contributed by atoms with Crippen molar-refractivity contribution in [2.45, 2.75) is 11.4 Å². The number of sulfonamides is 1. The molecule has 10 heteroatoms. The second-order valence-electron chi connectivity index (χ2n) is 7.28. The highest BCUT2D eigenvalue weighted by atomic mass is 32.2. The van der Waals surface area contributed by atoms with Gasteiger partial charge >= 0.3 is 0 Å². The minimum Gasteiger partial charge on any atom is -0.379 e. The van der Waals surface area contributed by atoms with Gasteiger partial charge in [0, 0.05) is 19.6 Å². The van der Waals surface area contributed by atoms with Gasteiger partial charge < -0.3 is 15.4 Å². The van der Waals surface area contributed by atoms with Gasteiger partial charge in [-0.2, -0.15) is 4.31 Å². The number of nitrogens with one attached hydrogen (secondary N) is 2. The fraction of sp³-hybridized carbons (Fsp3) is 0.217. The van der Waals surface area contributed by atoms with Crippen molar-refractivity contribution < 1.29 is 22.7 Å². The first-order valence-corrected chi connectivity index (χ1v) is 12.7. The van der Waals surface area contributed by atoms with Gasteiger partial charge in [-0.05, 0) is 35.2 Å². The molecule has 1 fully saturated rings. The Morgan fingerprint density at radius 3 is 2.42 bits per heavy atom. The molecule has 1 aliphatic rings. The summed E-state index contributed by atoms with van der Waals surface area (Å²) in [7, 11) is -3.71. The second kappa shape index (κ2) is 10.3. The topological polar surface area (TPSA) is 105 Å². The zero-order valence-corrected chi connectivity index (χ0v) is 19.3. The first-order chi connectivity index (χ1) is 16.0. The molecule has 2 heterocycles. The minimum absolute atomic E-state index is 0.0196. The van der Waals surface area contributed by atoms with Crippen LogP contribution in [0.1, 0.15) is 25.6 Å². The number of thiophene rings is 1. The van der Waals surface area contributed by atoms with Crippen molar-refractivity contribution in [2.75, 3.05) is 31.6 Å². The Morgan fingerprint density at radius 1 is 0.939 bits per heavy atom. The van der Waals surface area contributed by atoms with Gasteiger partial charge in [-0.3, -0.25) is 9.59 Å². The van der Waals surface area contributed by atoms with E-state index >= 15 is 0 Å². The maximum atomic E-state index is 13.1. The van der Waals surface area contributed by atoms with Gasteiger partial charge in [0.25, 0.3) is 11.8 Å². The van der Waals surface area contributed by atoms with Gasteiger partial charge in [-0.1, -0.05) is 36.4 Å². The summed E-state index contributed by atoms with van der Waals surface area (Å²) in [4.78, 5) is 26.0. The van der Waals surface area contributed by atoms with Gasteiger partial charge in [0.1, 0.15) is 0 Å². The quantitative estimate of drug-likeness (QED) is 0.535. The van der Waals surface area contributed by atoms with Crippen molar-refractivity contribution in [3.63, 3.8) is 0 Å². The molecule has 33 heavy (non-hydrogen) atoms. The van der Waals surface area contributed by atoms with Crippen LogP contribution < -0.4 is 10.6 Å². The van der Waals surface area contributed by atoms with Crippen LogP contribution in [0, 0.1) is 0 Å². The summed E-state index contributed by atoms with van der Waals surface area (Å²) in [5.41, 5.74) is 1.15. The largest absolute Gasteiger partial charge is 0.379 e. The van der Waals surface area contributed by atoms with Crippen molar-refractivity contribution in [2.24, 2.45) is 0 Å². The molecule has 1 aromatic heterocycles. The van der Waals surface area contributed by atoms with Crippen LogP contribution in [0.25, 0.3) is 0 Å². The van der Waals surface area contributed by atoms with Crippen molar-refractivity contribution >= 4 is 38.9 Å². The lowest BCUT2D eigenvalue weighted by atomic mass is 10.1. The molecular formula is C23H23N3O5S2. The number of ether oxygens (including phenoxy) is 1. The average Bonchev–Trinajstić information content (AvgIpc) is 3.39. The number of anilines is 1. The lowest BCUT2D eigenvalue weighted by molar-refractivity contribution is 0.0730.